The van der Waals surface area contributed by atoms with Crippen molar-refractivity contribution in [3.8, 4) is 0 Å². The molecular formula is C2H2FY-. The Hall–Kier alpha value is 0.774. The van der Waals surface area contributed by atoms with Gasteiger partial charge in [-0.3, -0.25) is 6.58 Å². The van der Waals surface area contributed by atoms with Gasteiger partial charge >= 0.3 is 0 Å². The summed E-state index contributed by atoms with van der Waals surface area (Å²) >= 11 is 0. The first-order valence-corrected chi connectivity index (χ1v) is 0.543. The average Bonchev–Trinajstić information content (AvgIpc) is 0.918. The molecule has 2 heteroatoms. The largest absolute Gasteiger partial charge is 0.459 e. The van der Waals surface area contributed by atoms with E-state index >= 15 is 0 Å². The average molecular weight is 134 g/mol. The predicted molar refractivity (Wildman–Crippen MR) is 9.98 cm³/mol. The molecule has 0 nitrogen and oxygen atoms in total. The van der Waals surface area contributed by atoms with Crippen LogP contribution < -0.4 is 0 Å². The van der Waals surface area contributed by atoms with E-state index in [-0.39, 0.29) is 32.7 Å². The first kappa shape index (κ1) is 8.84. The van der Waals surface area contributed by atoms with Crippen molar-refractivity contribution in [1.29, 1.82) is 0 Å². The molecule has 0 unspecified atom stereocenters. The fraction of sp³-hybridized carbons (Fsp3) is 0. The molecule has 0 bridgehead atoms. The van der Waals surface area contributed by atoms with Gasteiger partial charge in [-0.25, -0.2) is 0 Å². The van der Waals surface area contributed by atoms with E-state index in [0.717, 1.165) is 6.33 Å². The molecule has 0 aliphatic rings. The maximum Gasteiger partial charge on any atom is 0 e. The van der Waals surface area contributed by atoms with Gasteiger partial charge in [-0.15, -0.1) is 0 Å². The Morgan fingerprint density at radius 3 is 1.75 bits per heavy atom. The van der Waals surface area contributed by atoms with Crippen LogP contribution in [-0.2, 0) is 32.7 Å². The van der Waals surface area contributed by atoms with Crippen LogP contribution >= 0.6 is 0 Å². The fourth-order valence-electron chi connectivity index (χ4n) is 0. The van der Waals surface area contributed by atoms with E-state index < -0.39 is 0 Å². The Kier molecular flexibility index (Phi) is 20.4. The first-order valence-electron chi connectivity index (χ1n) is 0.543. The molecule has 0 amide bonds. The summed E-state index contributed by atoms with van der Waals surface area (Å²) in [4.78, 5) is 0. The van der Waals surface area contributed by atoms with E-state index in [9.17, 15) is 4.39 Å². The van der Waals surface area contributed by atoms with E-state index in [1.165, 1.54) is 0 Å². The third-order valence-corrected chi connectivity index (χ3v) is 0. The van der Waals surface area contributed by atoms with Gasteiger partial charge in [-0.05, 0) is 0 Å². The molecule has 0 aromatic rings. The fourth-order valence-corrected chi connectivity index (χ4v) is 0. The van der Waals surface area contributed by atoms with Crippen LogP contribution in [0.5, 0.6) is 0 Å². The van der Waals surface area contributed by atoms with Crippen LogP contribution in [0.3, 0.4) is 0 Å². The molecule has 0 spiro atoms. The second-order valence-corrected chi connectivity index (χ2v) is 0.134. The van der Waals surface area contributed by atoms with Crippen molar-refractivity contribution in [2.45, 2.75) is 0 Å². The zero-order chi connectivity index (χ0) is 2.71. The van der Waals surface area contributed by atoms with Gasteiger partial charge in [0.15, 0.2) is 0 Å². The Balaban J connectivity index is 0. The van der Waals surface area contributed by atoms with Crippen LogP contribution in [-0.4, -0.2) is 0 Å². The van der Waals surface area contributed by atoms with E-state index in [1.54, 1.807) is 0 Å². The number of hydrogen-bond acceptors (Lipinski definition) is 0. The second-order valence-electron chi connectivity index (χ2n) is 0.134. The van der Waals surface area contributed by atoms with Gasteiger partial charge in [0.05, 0.1) is 0 Å². The topological polar surface area (TPSA) is 0 Å². The van der Waals surface area contributed by atoms with E-state index in [4.69, 9.17) is 0 Å². The van der Waals surface area contributed by atoms with E-state index in [1.807, 2.05) is 0 Å². The molecule has 0 aliphatic carbocycles. The van der Waals surface area contributed by atoms with Crippen molar-refractivity contribution in [2.75, 3.05) is 0 Å². The van der Waals surface area contributed by atoms with Gasteiger partial charge in [-0.1, -0.05) is 0 Å². The molecule has 0 aromatic carbocycles. The summed E-state index contributed by atoms with van der Waals surface area (Å²) in [6, 6.07) is 0. The SMILES string of the molecule is C=[C-]F.[Y]. The molecule has 0 aromatic heterocycles. The molecule has 21 valence electrons. The summed E-state index contributed by atoms with van der Waals surface area (Å²) in [6.07, 6.45) is 1.00. The Labute approximate surface area is 50.0 Å². The van der Waals surface area contributed by atoms with Crippen LogP contribution in [0.15, 0.2) is 6.58 Å². The van der Waals surface area contributed by atoms with Gasteiger partial charge < -0.3 is 10.7 Å². The monoisotopic (exact) mass is 134 g/mol. The Morgan fingerprint density at radius 2 is 1.75 bits per heavy atom. The molecular weight excluding hydrogens is 132 g/mol. The van der Waals surface area contributed by atoms with Gasteiger partial charge in [0, 0.05) is 32.7 Å². The predicted octanol–water partition coefficient (Wildman–Crippen LogP) is 0.900. The smallest absolute Gasteiger partial charge is 0 e. The number of rotatable bonds is 0. The first-order chi connectivity index (χ1) is 1.41. The molecule has 0 fully saturated rings. The number of halogens is 1. The maximum atomic E-state index is 9.93. The molecule has 0 heterocycles. The summed E-state index contributed by atoms with van der Waals surface area (Å²) in [5.74, 6) is 0. The van der Waals surface area contributed by atoms with Crippen LogP contribution in [0.1, 0.15) is 0 Å². The summed E-state index contributed by atoms with van der Waals surface area (Å²) < 4.78 is 9.93. The van der Waals surface area contributed by atoms with Crippen molar-refractivity contribution >= 4 is 0 Å². The third-order valence-electron chi connectivity index (χ3n) is 0. The van der Waals surface area contributed by atoms with Gasteiger partial charge in [-0.2, -0.15) is 0 Å². The zero-order valence-corrected chi connectivity index (χ0v) is 5.00. The molecule has 0 saturated carbocycles. The van der Waals surface area contributed by atoms with Crippen molar-refractivity contribution in [3.05, 3.63) is 12.9 Å². The summed E-state index contributed by atoms with van der Waals surface area (Å²) in [7, 11) is 0. The normalized spacial score (nSPS) is 3.25. The molecule has 1 radical (unpaired) electrons. The van der Waals surface area contributed by atoms with Crippen molar-refractivity contribution in [1.82, 2.24) is 0 Å². The van der Waals surface area contributed by atoms with Gasteiger partial charge in [0.25, 0.3) is 0 Å². The van der Waals surface area contributed by atoms with Crippen molar-refractivity contribution < 1.29 is 37.1 Å². The van der Waals surface area contributed by atoms with E-state index in [0.29, 0.717) is 0 Å². The molecule has 4 heavy (non-hydrogen) atoms. The quantitative estimate of drug-likeness (QED) is 0.431. The minimum atomic E-state index is 0. The van der Waals surface area contributed by atoms with Gasteiger partial charge in [0.2, 0.25) is 0 Å². The second kappa shape index (κ2) is 9.23. The van der Waals surface area contributed by atoms with Crippen LogP contribution in [0.25, 0.3) is 0 Å². The maximum absolute atomic E-state index is 9.93. The minimum absolute atomic E-state index is 0. The Bertz CT molecular complexity index is 13.5. The Morgan fingerprint density at radius 1 is 1.75 bits per heavy atom. The molecule has 0 saturated heterocycles. The van der Waals surface area contributed by atoms with E-state index in [2.05, 4.69) is 6.58 Å². The van der Waals surface area contributed by atoms with Gasteiger partial charge in [0.1, 0.15) is 0 Å². The molecule has 0 rings (SSSR count). The van der Waals surface area contributed by atoms with Crippen molar-refractivity contribution in [2.24, 2.45) is 0 Å². The van der Waals surface area contributed by atoms with Crippen LogP contribution in [0.4, 0.5) is 4.39 Å². The van der Waals surface area contributed by atoms with Crippen LogP contribution in [0, 0.1) is 6.33 Å². The molecule has 0 N–H and O–H groups in total. The summed E-state index contributed by atoms with van der Waals surface area (Å²) in [6.45, 7) is 2.57. The standard InChI is InChI=1S/C2H2F.Y/c1-2-3;/h1H2;/q-1;. The minimum Gasteiger partial charge on any atom is -0.459 e. The molecule has 0 atom stereocenters. The summed E-state index contributed by atoms with van der Waals surface area (Å²) in [5.41, 5.74) is 0. The third kappa shape index (κ3) is 14.6. The summed E-state index contributed by atoms with van der Waals surface area (Å²) in [5, 5.41) is 0. The molecule has 0 aliphatic heterocycles. The van der Waals surface area contributed by atoms with Crippen LogP contribution in [0.2, 0.25) is 0 Å². The van der Waals surface area contributed by atoms with Crippen molar-refractivity contribution in [3.63, 3.8) is 0 Å². The number of hydrogen-bond donors (Lipinski definition) is 0. The zero-order valence-electron chi connectivity index (χ0n) is 2.16.